The zero-order valence-corrected chi connectivity index (χ0v) is 14.9. The summed E-state index contributed by atoms with van der Waals surface area (Å²) in [5.74, 6) is 2.45. The number of anilines is 1. The van der Waals surface area contributed by atoms with Crippen molar-refractivity contribution in [2.24, 2.45) is 0 Å². The van der Waals surface area contributed by atoms with E-state index in [1.807, 2.05) is 36.4 Å². The number of carbonyl (C=O) groups excluding carboxylic acids is 1. The molecule has 3 aromatic rings. The van der Waals surface area contributed by atoms with Crippen LogP contribution in [0.4, 0.5) is 5.69 Å². The lowest BCUT2D eigenvalue weighted by Crippen LogP contribution is -2.20. The van der Waals surface area contributed by atoms with E-state index in [9.17, 15) is 4.79 Å². The van der Waals surface area contributed by atoms with Crippen LogP contribution in [-0.2, 0) is 4.79 Å². The molecule has 0 saturated carbocycles. The van der Waals surface area contributed by atoms with Crippen molar-refractivity contribution in [1.29, 1.82) is 0 Å². The first-order valence-electron chi connectivity index (χ1n) is 8.61. The molecule has 0 atom stereocenters. The lowest BCUT2D eigenvalue weighted by atomic mass is 10.1. The number of methoxy groups -OCH3 is 1. The van der Waals surface area contributed by atoms with Gasteiger partial charge in [-0.05, 0) is 47.2 Å². The number of hydrogen-bond donors (Lipinski definition) is 1. The molecule has 27 heavy (non-hydrogen) atoms. The van der Waals surface area contributed by atoms with Crippen LogP contribution in [0.5, 0.6) is 23.0 Å². The second-order valence-electron chi connectivity index (χ2n) is 6.07. The summed E-state index contributed by atoms with van der Waals surface area (Å²) >= 11 is 0. The van der Waals surface area contributed by atoms with E-state index in [2.05, 4.69) is 5.32 Å². The molecule has 138 valence electrons. The summed E-state index contributed by atoms with van der Waals surface area (Å²) in [7, 11) is 1.63. The Morgan fingerprint density at radius 3 is 2.48 bits per heavy atom. The third-order valence-corrected chi connectivity index (χ3v) is 4.21. The van der Waals surface area contributed by atoms with Crippen LogP contribution >= 0.6 is 0 Å². The van der Waals surface area contributed by atoms with Gasteiger partial charge in [0.1, 0.15) is 24.7 Å². The number of amides is 1. The van der Waals surface area contributed by atoms with Gasteiger partial charge in [0.05, 0.1) is 7.11 Å². The fraction of sp³-hybridized carbons (Fsp3) is 0.190. The quantitative estimate of drug-likeness (QED) is 0.748. The molecule has 1 aliphatic rings. The molecule has 4 rings (SSSR count). The lowest BCUT2D eigenvalue weighted by molar-refractivity contribution is -0.118. The van der Waals surface area contributed by atoms with Crippen LogP contribution in [0.25, 0.3) is 10.8 Å². The van der Waals surface area contributed by atoms with Gasteiger partial charge in [-0.25, -0.2) is 0 Å². The maximum absolute atomic E-state index is 12.2. The summed E-state index contributed by atoms with van der Waals surface area (Å²) in [6.07, 6.45) is 0. The fourth-order valence-corrected chi connectivity index (χ4v) is 2.89. The zero-order valence-electron chi connectivity index (χ0n) is 14.9. The average Bonchev–Trinajstić information content (AvgIpc) is 2.71. The van der Waals surface area contributed by atoms with Gasteiger partial charge in [-0.3, -0.25) is 4.79 Å². The number of benzene rings is 3. The zero-order chi connectivity index (χ0) is 18.6. The van der Waals surface area contributed by atoms with Crippen LogP contribution < -0.4 is 24.3 Å². The van der Waals surface area contributed by atoms with E-state index < -0.39 is 0 Å². The minimum absolute atomic E-state index is 0.0933. The van der Waals surface area contributed by atoms with Gasteiger partial charge >= 0.3 is 0 Å². The van der Waals surface area contributed by atoms with Gasteiger partial charge < -0.3 is 24.3 Å². The molecule has 0 aromatic heterocycles. The van der Waals surface area contributed by atoms with Crippen molar-refractivity contribution >= 4 is 22.4 Å². The molecule has 0 bridgehead atoms. The van der Waals surface area contributed by atoms with Gasteiger partial charge in [-0.2, -0.15) is 0 Å². The van der Waals surface area contributed by atoms with Crippen LogP contribution in [0.2, 0.25) is 0 Å². The number of nitrogens with one attached hydrogen (secondary N) is 1. The summed E-state index contributed by atoms with van der Waals surface area (Å²) < 4.78 is 21.9. The van der Waals surface area contributed by atoms with Crippen molar-refractivity contribution in [3.8, 4) is 23.0 Å². The van der Waals surface area contributed by atoms with Gasteiger partial charge in [-0.1, -0.05) is 12.1 Å². The van der Waals surface area contributed by atoms with Crippen molar-refractivity contribution in [2.75, 3.05) is 32.2 Å². The Balaban J connectivity index is 1.39. The van der Waals surface area contributed by atoms with Gasteiger partial charge in [0.15, 0.2) is 18.1 Å². The molecule has 1 heterocycles. The maximum atomic E-state index is 12.2. The smallest absolute Gasteiger partial charge is 0.262 e. The van der Waals surface area contributed by atoms with E-state index in [-0.39, 0.29) is 12.5 Å². The summed E-state index contributed by atoms with van der Waals surface area (Å²) in [6, 6.07) is 16.8. The number of rotatable bonds is 5. The third-order valence-electron chi connectivity index (χ3n) is 4.21. The normalized spacial score (nSPS) is 12.5. The Kier molecular flexibility index (Phi) is 4.70. The Labute approximate surface area is 156 Å². The Morgan fingerprint density at radius 1 is 0.926 bits per heavy atom. The van der Waals surface area contributed by atoms with Gasteiger partial charge in [0, 0.05) is 11.8 Å². The number of fused-ring (bicyclic) bond motifs is 2. The van der Waals surface area contributed by atoms with E-state index in [0.29, 0.717) is 36.1 Å². The van der Waals surface area contributed by atoms with Gasteiger partial charge in [0.25, 0.3) is 5.91 Å². The highest BCUT2D eigenvalue weighted by atomic mass is 16.6. The first-order chi connectivity index (χ1) is 13.2. The van der Waals surface area contributed by atoms with E-state index in [1.165, 1.54) is 0 Å². The predicted molar refractivity (Wildman–Crippen MR) is 102 cm³/mol. The van der Waals surface area contributed by atoms with Crippen molar-refractivity contribution < 1.29 is 23.7 Å². The predicted octanol–water partition coefficient (Wildman–Crippen LogP) is 3.64. The molecule has 0 fully saturated rings. The molecule has 0 saturated heterocycles. The summed E-state index contributed by atoms with van der Waals surface area (Å²) in [5.41, 5.74) is 0.635. The minimum atomic E-state index is -0.252. The topological polar surface area (TPSA) is 66.0 Å². The Hall–Kier alpha value is -3.41. The largest absolute Gasteiger partial charge is 0.497 e. The van der Waals surface area contributed by atoms with E-state index in [0.717, 1.165) is 16.5 Å². The molecule has 3 aromatic carbocycles. The molecule has 1 aliphatic heterocycles. The van der Waals surface area contributed by atoms with Crippen LogP contribution in [0.1, 0.15) is 0 Å². The minimum Gasteiger partial charge on any atom is -0.497 e. The maximum Gasteiger partial charge on any atom is 0.262 e. The van der Waals surface area contributed by atoms with Crippen molar-refractivity contribution in [3.63, 3.8) is 0 Å². The average molecular weight is 365 g/mol. The van der Waals surface area contributed by atoms with Crippen LogP contribution in [0.15, 0.2) is 54.6 Å². The molecule has 1 N–H and O–H groups in total. The molecule has 6 nitrogen and oxygen atoms in total. The molecule has 0 spiro atoms. The van der Waals surface area contributed by atoms with E-state index in [4.69, 9.17) is 18.9 Å². The second-order valence-corrected chi connectivity index (χ2v) is 6.07. The highest BCUT2D eigenvalue weighted by Gasteiger charge is 2.13. The summed E-state index contributed by atoms with van der Waals surface area (Å²) in [6.45, 7) is 0.939. The van der Waals surface area contributed by atoms with Gasteiger partial charge in [-0.15, -0.1) is 0 Å². The Bertz CT molecular complexity index is 985. The first-order valence-corrected chi connectivity index (χ1v) is 8.61. The SMILES string of the molecule is COc1ccc2ccc(OCC(=O)Nc3ccc4c(c3)OCCO4)cc2c1. The van der Waals surface area contributed by atoms with E-state index in [1.54, 1.807) is 25.3 Å². The summed E-state index contributed by atoms with van der Waals surface area (Å²) in [5, 5.41) is 4.86. The second kappa shape index (κ2) is 7.45. The molecule has 0 unspecified atom stereocenters. The number of carbonyl (C=O) groups is 1. The van der Waals surface area contributed by atoms with Crippen LogP contribution in [0, 0.1) is 0 Å². The molecule has 1 amide bonds. The standard InChI is InChI=1S/C21H19NO5/c1-24-17-5-2-14-3-6-18(11-15(14)10-17)27-13-21(23)22-16-4-7-19-20(12-16)26-9-8-25-19/h2-7,10-12H,8-9,13H2,1H3,(H,22,23). The molecular formula is C21H19NO5. The highest BCUT2D eigenvalue weighted by molar-refractivity contribution is 5.92. The Morgan fingerprint density at radius 2 is 1.67 bits per heavy atom. The van der Waals surface area contributed by atoms with Gasteiger partial charge in [0.2, 0.25) is 0 Å². The van der Waals surface area contributed by atoms with Crippen molar-refractivity contribution in [3.05, 3.63) is 54.6 Å². The monoisotopic (exact) mass is 365 g/mol. The molecule has 6 heteroatoms. The summed E-state index contributed by atoms with van der Waals surface area (Å²) in [4.78, 5) is 12.2. The van der Waals surface area contributed by atoms with E-state index >= 15 is 0 Å². The highest BCUT2D eigenvalue weighted by Crippen LogP contribution is 2.32. The van der Waals surface area contributed by atoms with Crippen LogP contribution in [-0.4, -0.2) is 32.8 Å². The number of ether oxygens (including phenoxy) is 4. The first kappa shape index (κ1) is 17.0. The third kappa shape index (κ3) is 3.89. The lowest BCUT2D eigenvalue weighted by Gasteiger charge is -2.19. The molecule has 0 aliphatic carbocycles. The van der Waals surface area contributed by atoms with Crippen molar-refractivity contribution in [2.45, 2.75) is 0 Å². The molecule has 0 radical (unpaired) electrons. The number of hydrogen-bond acceptors (Lipinski definition) is 5. The van der Waals surface area contributed by atoms with Crippen molar-refractivity contribution in [1.82, 2.24) is 0 Å². The van der Waals surface area contributed by atoms with Crippen LogP contribution in [0.3, 0.4) is 0 Å². The fourth-order valence-electron chi connectivity index (χ4n) is 2.89. The molecular weight excluding hydrogens is 346 g/mol.